The fraction of sp³-hybridized carbons (Fsp3) is 0.133. The van der Waals surface area contributed by atoms with Gasteiger partial charge < -0.3 is 21.5 Å². The van der Waals surface area contributed by atoms with Crippen molar-refractivity contribution in [3.8, 4) is 0 Å². The molecule has 1 atom stereocenters. The summed E-state index contributed by atoms with van der Waals surface area (Å²) in [5.74, 6) is -2.78. The van der Waals surface area contributed by atoms with Crippen LogP contribution in [0.25, 0.3) is 0 Å². The largest absolute Gasteiger partial charge is 0.449 e. The van der Waals surface area contributed by atoms with Crippen LogP contribution < -0.4 is 16.8 Å². The molecule has 1 aromatic carbocycles. The maximum atomic E-state index is 13.0. The standard InChI is InChI=1S/C15H14FN3O4S/c1-7(13(21)19-14-10(12(18)20)4-5-24-14)23-15(22)9-3-2-8(16)6-11(9)17/h2-7H,17H2,1H3,(H2,18,20)(H,19,21). The minimum absolute atomic E-state index is 0.0509. The van der Waals surface area contributed by atoms with Crippen molar-refractivity contribution in [3.05, 3.63) is 46.6 Å². The van der Waals surface area contributed by atoms with Crippen molar-refractivity contribution >= 4 is 39.8 Å². The van der Waals surface area contributed by atoms with E-state index in [1.54, 1.807) is 5.38 Å². The van der Waals surface area contributed by atoms with E-state index in [1.165, 1.54) is 19.1 Å². The molecule has 0 aliphatic carbocycles. The zero-order valence-electron chi connectivity index (χ0n) is 12.5. The van der Waals surface area contributed by atoms with Crippen LogP contribution in [0.1, 0.15) is 27.6 Å². The van der Waals surface area contributed by atoms with Crippen molar-refractivity contribution in [3.63, 3.8) is 0 Å². The smallest absolute Gasteiger partial charge is 0.341 e. The number of nitrogens with one attached hydrogen (secondary N) is 1. The number of nitrogens with two attached hydrogens (primary N) is 2. The molecule has 2 aromatic rings. The Balaban J connectivity index is 2.04. The van der Waals surface area contributed by atoms with Gasteiger partial charge in [0.2, 0.25) is 0 Å². The highest BCUT2D eigenvalue weighted by atomic mass is 32.1. The summed E-state index contributed by atoms with van der Waals surface area (Å²) >= 11 is 1.11. The molecule has 0 spiro atoms. The van der Waals surface area contributed by atoms with E-state index in [4.69, 9.17) is 16.2 Å². The number of esters is 1. The molecule has 2 amide bonds. The summed E-state index contributed by atoms with van der Waals surface area (Å²) in [7, 11) is 0. The first-order valence-corrected chi connectivity index (χ1v) is 7.61. The van der Waals surface area contributed by atoms with Crippen LogP contribution in [0.3, 0.4) is 0 Å². The summed E-state index contributed by atoms with van der Waals surface area (Å²) < 4.78 is 18.0. The third kappa shape index (κ3) is 3.87. The lowest BCUT2D eigenvalue weighted by molar-refractivity contribution is -0.123. The Labute approximate surface area is 140 Å². The molecular weight excluding hydrogens is 337 g/mol. The first kappa shape index (κ1) is 17.4. The number of nitrogen functional groups attached to an aromatic ring is 1. The number of ether oxygens (including phenoxy) is 1. The number of carbonyl (C=O) groups excluding carboxylic acids is 3. The molecule has 126 valence electrons. The highest BCUT2D eigenvalue weighted by molar-refractivity contribution is 7.14. The van der Waals surface area contributed by atoms with Gasteiger partial charge in [-0.15, -0.1) is 11.3 Å². The van der Waals surface area contributed by atoms with Crippen molar-refractivity contribution < 1.29 is 23.5 Å². The Morgan fingerprint density at radius 2 is 1.96 bits per heavy atom. The van der Waals surface area contributed by atoms with Gasteiger partial charge in [-0.05, 0) is 36.6 Å². The minimum atomic E-state index is -1.16. The van der Waals surface area contributed by atoms with Crippen LogP contribution in [-0.4, -0.2) is 23.9 Å². The molecule has 0 bridgehead atoms. The quantitative estimate of drug-likeness (QED) is 0.559. The average molecular weight is 351 g/mol. The van der Waals surface area contributed by atoms with E-state index >= 15 is 0 Å². The lowest BCUT2D eigenvalue weighted by atomic mass is 10.2. The third-order valence-corrected chi connectivity index (χ3v) is 3.88. The van der Waals surface area contributed by atoms with Gasteiger partial charge in [0.1, 0.15) is 10.8 Å². The van der Waals surface area contributed by atoms with Gasteiger partial charge in [0, 0.05) is 5.69 Å². The highest BCUT2D eigenvalue weighted by Crippen LogP contribution is 2.23. The molecule has 0 saturated heterocycles. The van der Waals surface area contributed by atoms with E-state index in [-0.39, 0.29) is 21.8 Å². The number of hydrogen-bond acceptors (Lipinski definition) is 6. The maximum Gasteiger partial charge on any atom is 0.341 e. The number of anilines is 2. The number of thiophene rings is 1. The van der Waals surface area contributed by atoms with Crippen molar-refractivity contribution in [2.24, 2.45) is 5.73 Å². The molecule has 0 fully saturated rings. The molecule has 0 aliphatic heterocycles. The zero-order valence-corrected chi connectivity index (χ0v) is 13.4. The average Bonchev–Trinajstić information content (AvgIpc) is 2.95. The molecule has 7 nitrogen and oxygen atoms in total. The van der Waals surface area contributed by atoms with E-state index < -0.39 is 29.7 Å². The van der Waals surface area contributed by atoms with E-state index in [1.807, 2.05) is 0 Å². The lowest BCUT2D eigenvalue weighted by Gasteiger charge is -2.14. The van der Waals surface area contributed by atoms with Crippen molar-refractivity contribution in [2.45, 2.75) is 13.0 Å². The molecule has 2 rings (SSSR count). The summed E-state index contributed by atoms with van der Waals surface area (Å²) in [6.45, 7) is 1.35. The monoisotopic (exact) mass is 351 g/mol. The van der Waals surface area contributed by atoms with Crippen molar-refractivity contribution in [2.75, 3.05) is 11.1 Å². The number of primary amides is 1. The number of carbonyl (C=O) groups is 3. The number of amides is 2. The van der Waals surface area contributed by atoms with Crippen LogP contribution in [0.4, 0.5) is 15.1 Å². The second-order valence-corrected chi connectivity index (χ2v) is 5.71. The second-order valence-electron chi connectivity index (χ2n) is 4.80. The predicted molar refractivity (Wildman–Crippen MR) is 87.2 cm³/mol. The molecule has 1 unspecified atom stereocenters. The Hall–Kier alpha value is -2.94. The summed E-state index contributed by atoms with van der Waals surface area (Å²) in [6, 6.07) is 4.68. The Kier molecular flexibility index (Phi) is 5.14. The first-order chi connectivity index (χ1) is 11.3. The molecule has 1 aromatic heterocycles. The summed E-state index contributed by atoms with van der Waals surface area (Å²) in [5.41, 5.74) is 10.7. The van der Waals surface area contributed by atoms with Crippen LogP contribution in [0, 0.1) is 5.82 Å². The van der Waals surface area contributed by atoms with Gasteiger partial charge in [0.15, 0.2) is 6.10 Å². The van der Waals surface area contributed by atoms with Crippen LogP contribution in [0.15, 0.2) is 29.6 Å². The molecule has 9 heteroatoms. The normalized spacial score (nSPS) is 11.6. The first-order valence-electron chi connectivity index (χ1n) is 6.73. The molecule has 24 heavy (non-hydrogen) atoms. The second kappa shape index (κ2) is 7.09. The van der Waals surface area contributed by atoms with Crippen molar-refractivity contribution in [1.82, 2.24) is 0 Å². The third-order valence-electron chi connectivity index (χ3n) is 3.05. The topological polar surface area (TPSA) is 125 Å². The number of rotatable bonds is 5. The summed E-state index contributed by atoms with van der Waals surface area (Å²) in [5, 5.41) is 4.31. The van der Waals surface area contributed by atoms with Gasteiger partial charge in [-0.25, -0.2) is 9.18 Å². The van der Waals surface area contributed by atoms with Crippen LogP contribution in [0.5, 0.6) is 0 Å². The Bertz CT molecular complexity index is 806. The molecule has 1 heterocycles. The maximum absolute atomic E-state index is 13.0. The fourth-order valence-corrected chi connectivity index (χ4v) is 2.61. The van der Waals surface area contributed by atoms with Crippen LogP contribution in [0.2, 0.25) is 0 Å². The van der Waals surface area contributed by atoms with Gasteiger partial charge >= 0.3 is 5.97 Å². The molecule has 0 aliphatic rings. The number of hydrogen-bond donors (Lipinski definition) is 3. The number of benzene rings is 1. The lowest BCUT2D eigenvalue weighted by Crippen LogP contribution is -2.30. The zero-order chi connectivity index (χ0) is 17.9. The molecule has 0 saturated carbocycles. The van der Waals surface area contributed by atoms with Crippen molar-refractivity contribution in [1.29, 1.82) is 0 Å². The fourth-order valence-electron chi connectivity index (χ4n) is 1.81. The SMILES string of the molecule is CC(OC(=O)c1ccc(F)cc1N)C(=O)Nc1sccc1C(N)=O. The number of halogens is 1. The van der Waals surface area contributed by atoms with Gasteiger partial charge in [-0.1, -0.05) is 0 Å². The van der Waals surface area contributed by atoms with Crippen LogP contribution >= 0.6 is 11.3 Å². The minimum Gasteiger partial charge on any atom is -0.449 e. The van der Waals surface area contributed by atoms with E-state index in [0.717, 1.165) is 23.5 Å². The van der Waals surface area contributed by atoms with Gasteiger partial charge in [0.25, 0.3) is 11.8 Å². The Morgan fingerprint density at radius 1 is 1.25 bits per heavy atom. The summed E-state index contributed by atoms with van der Waals surface area (Å²) in [4.78, 5) is 35.3. The summed E-state index contributed by atoms with van der Waals surface area (Å²) in [6.07, 6.45) is -1.16. The molecule has 0 radical (unpaired) electrons. The van der Waals surface area contributed by atoms with Gasteiger partial charge in [-0.2, -0.15) is 0 Å². The van der Waals surface area contributed by atoms with Gasteiger partial charge in [0.05, 0.1) is 11.1 Å². The Morgan fingerprint density at radius 3 is 2.58 bits per heavy atom. The predicted octanol–water partition coefficient (Wildman–Crippen LogP) is 1.75. The van der Waals surface area contributed by atoms with Crippen LogP contribution in [-0.2, 0) is 9.53 Å². The molecular formula is C15H14FN3O4S. The highest BCUT2D eigenvalue weighted by Gasteiger charge is 2.22. The van der Waals surface area contributed by atoms with Gasteiger partial charge in [-0.3, -0.25) is 9.59 Å². The molecule has 5 N–H and O–H groups in total. The van der Waals surface area contributed by atoms with E-state index in [9.17, 15) is 18.8 Å². The van der Waals surface area contributed by atoms with E-state index in [2.05, 4.69) is 5.32 Å². The van der Waals surface area contributed by atoms with E-state index in [0.29, 0.717) is 0 Å².